The summed E-state index contributed by atoms with van der Waals surface area (Å²) in [4.78, 5) is 16.1. The molecule has 0 saturated heterocycles. The molecule has 0 saturated carbocycles. The first-order valence-electron chi connectivity index (χ1n) is 10.6. The maximum absolute atomic E-state index is 11.2. The summed E-state index contributed by atoms with van der Waals surface area (Å²) in [7, 11) is -1.51. The van der Waals surface area contributed by atoms with Gasteiger partial charge in [0.1, 0.15) is 11.0 Å². The summed E-state index contributed by atoms with van der Waals surface area (Å²) < 4.78 is 12.5. The van der Waals surface area contributed by atoms with Crippen LogP contribution in [0.3, 0.4) is 0 Å². The van der Waals surface area contributed by atoms with Crippen LogP contribution < -0.4 is 16.2 Å². The van der Waals surface area contributed by atoms with Gasteiger partial charge in [0.2, 0.25) is 0 Å². The standard InChI is InChI=1S/C14H19N3O.C9H9N3OS/c1-14(2)7-6-9-11(17-13(15)18)8-4-3-5-10(8)16-12(9)14;10-14(13)9-6-7-12(11-9)8-4-2-1-3-5-8/h3-7H2,1-2H3,(H3,15,16,17,18);1-7H,10H2. The molecule has 0 aliphatic heterocycles. The summed E-state index contributed by atoms with van der Waals surface area (Å²) in [6.07, 6.45) is 6.95. The van der Waals surface area contributed by atoms with Crippen LogP contribution in [0.2, 0.25) is 0 Å². The fourth-order valence-corrected chi connectivity index (χ4v) is 4.76. The van der Waals surface area contributed by atoms with Crippen LogP contribution in [0.4, 0.5) is 10.5 Å². The van der Waals surface area contributed by atoms with E-state index in [4.69, 9.17) is 15.9 Å². The lowest BCUT2D eigenvalue weighted by Crippen LogP contribution is -2.22. The quantitative estimate of drug-likeness (QED) is 0.564. The first kappa shape index (κ1) is 22.2. The minimum absolute atomic E-state index is 0.112. The molecule has 1 aromatic carbocycles. The maximum atomic E-state index is 11.2. The molecule has 3 aromatic rings. The number of primary amides is 1. The molecule has 5 N–H and O–H groups in total. The van der Waals surface area contributed by atoms with E-state index in [1.165, 1.54) is 11.1 Å². The number of aryl methyl sites for hydroxylation is 1. The number of nitrogens with two attached hydrogens (primary N) is 2. The van der Waals surface area contributed by atoms with Gasteiger partial charge >= 0.3 is 6.03 Å². The molecule has 5 rings (SSSR count). The van der Waals surface area contributed by atoms with Gasteiger partial charge in [-0.1, -0.05) is 32.0 Å². The highest BCUT2D eigenvalue weighted by molar-refractivity contribution is 7.82. The Kier molecular flexibility index (Phi) is 6.12. The molecule has 168 valence electrons. The third-order valence-corrected chi connectivity index (χ3v) is 6.64. The van der Waals surface area contributed by atoms with Crippen molar-refractivity contribution in [3.63, 3.8) is 0 Å². The highest BCUT2D eigenvalue weighted by Crippen LogP contribution is 2.44. The molecular formula is C23H28N6O2S. The van der Waals surface area contributed by atoms with E-state index in [0.717, 1.165) is 54.9 Å². The summed E-state index contributed by atoms with van der Waals surface area (Å²) in [5, 5.41) is 12.5. The highest BCUT2D eigenvalue weighted by Gasteiger charge is 2.36. The number of fused-ring (bicyclic) bond motifs is 2. The van der Waals surface area contributed by atoms with Crippen molar-refractivity contribution in [2.75, 3.05) is 5.32 Å². The van der Waals surface area contributed by atoms with E-state index in [-0.39, 0.29) is 5.41 Å². The smallest absolute Gasteiger partial charge is 0.316 e. The van der Waals surface area contributed by atoms with Crippen molar-refractivity contribution in [3.8, 4) is 5.69 Å². The topological polar surface area (TPSA) is 129 Å². The van der Waals surface area contributed by atoms with E-state index >= 15 is 0 Å². The van der Waals surface area contributed by atoms with Crippen LogP contribution in [-0.4, -0.2) is 25.0 Å². The first-order valence-corrected chi connectivity index (χ1v) is 11.9. The highest BCUT2D eigenvalue weighted by atomic mass is 32.2. The second kappa shape index (κ2) is 8.84. The van der Waals surface area contributed by atoms with Gasteiger partial charge in [-0.05, 0) is 61.4 Å². The van der Waals surface area contributed by atoms with Gasteiger partial charge in [0.05, 0.1) is 17.1 Å². The molecule has 1 unspecified atom stereocenters. The predicted molar refractivity (Wildman–Crippen MR) is 125 cm³/mol. The monoisotopic (exact) mass is 452 g/mol. The van der Waals surface area contributed by atoms with Crippen molar-refractivity contribution in [2.45, 2.75) is 56.4 Å². The molecule has 2 aromatic heterocycles. The number of anilines is 1. The number of carbonyl (C=O) groups is 1. The van der Waals surface area contributed by atoms with E-state index in [0.29, 0.717) is 5.03 Å². The van der Waals surface area contributed by atoms with Gasteiger partial charge in [0, 0.05) is 17.3 Å². The lowest BCUT2D eigenvalue weighted by Gasteiger charge is -2.20. The fraction of sp³-hybridized carbons (Fsp3) is 0.348. The van der Waals surface area contributed by atoms with Gasteiger partial charge in [-0.3, -0.25) is 4.98 Å². The summed E-state index contributed by atoms with van der Waals surface area (Å²) in [6.45, 7) is 4.45. The second-order valence-electron chi connectivity index (χ2n) is 8.70. The number of amides is 2. The number of hydrogen-bond donors (Lipinski definition) is 3. The molecule has 0 bridgehead atoms. The number of hydrogen-bond acceptors (Lipinski definition) is 4. The molecule has 2 aliphatic rings. The van der Waals surface area contributed by atoms with Gasteiger partial charge in [-0.15, -0.1) is 0 Å². The summed E-state index contributed by atoms with van der Waals surface area (Å²) in [5.74, 6) is 0. The minimum Gasteiger partial charge on any atom is -0.351 e. The Morgan fingerprint density at radius 1 is 1.12 bits per heavy atom. The van der Waals surface area contributed by atoms with Crippen LogP contribution >= 0.6 is 0 Å². The van der Waals surface area contributed by atoms with Gasteiger partial charge in [-0.2, -0.15) is 5.10 Å². The van der Waals surface area contributed by atoms with Crippen LogP contribution in [0.25, 0.3) is 5.69 Å². The number of carbonyl (C=O) groups excluding carboxylic acids is 1. The zero-order valence-electron chi connectivity index (χ0n) is 18.3. The summed E-state index contributed by atoms with van der Waals surface area (Å²) >= 11 is 0. The van der Waals surface area contributed by atoms with Crippen molar-refractivity contribution in [3.05, 3.63) is 65.1 Å². The Morgan fingerprint density at radius 2 is 1.88 bits per heavy atom. The number of benzene rings is 1. The van der Waals surface area contributed by atoms with E-state index in [2.05, 4.69) is 24.3 Å². The van der Waals surface area contributed by atoms with E-state index < -0.39 is 17.0 Å². The average molecular weight is 453 g/mol. The van der Waals surface area contributed by atoms with Gasteiger partial charge < -0.3 is 11.1 Å². The Labute approximate surface area is 190 Å². The Morgan fingerprint density at radius 3 is 2.53 bits per heavy atom. The van der Waals surface area contributed by atoms with E-state index in [1.54, 1.807) is 16.9 Å². The van der Waals surface area contributed by atoms with Crippen LogP contribution in [0.1, 0.15) is 49.2 Å². The van der Waals surface area contributed by atoms with Crippen LogP contribution in [0.15, 0.2) is 47.6 Å². The molecule has 9 heteroatoms. The Balaban J connectivity index is 0.000000158. The van der Waals surface area contributed by atoms with Crippen LogP contribution in [-0.2, 0) is 35.7 Å². The molecule has 8 nitrogen and oxygen atoms in total. The normalized spacial score (nSPS) is 16.5. The third-order valence-electron chi connectivity index (χ3n) is 6.01. The number of urea groups is 1. The predicted octanol–water partition coefficient (Wildman–Crippen LogP) is 3.14. The number of aromatic nitrogens is 3. The molecule has 1 atom stereocenters. The lowest BCUT2D eigenvalue weighted by atomic mass is 9.90. The minimum atomic E-state index is -1.51. The molecule has 2 amide bonds. The third kappa shape index (κ3) is 4.44. The number of nitrogens with zero attached hydrogens (tertiary/aromatic N) is 3. The molecule has 32 heavy (non-hydrogen) atoms. The number of pyridine rings is 1. The van der Waals surface area contributed by atoms with Crippen molar-refractivity contribution < 1.29 is 9.00 Å². The summed E-state index contributed by atoms with van der Waals surface area (Å²) in [5.41, 5.74) is 12.0. The number of rotatable bonds is 3. The lowest BCUT2D eigenvalue weighted by molar-refractivity contribution is 0.259. The van der Waals surface area contributed by atoms with Crippen molar-refractivity contribution in [1.29, 1.82) is 0 Å². The number of nitrogens with one attached hydrogen (secondary N) is 1. The van der Waals surface area contributed by atoms with Gasteiger partial charge in [-0.25, -0.2) is 18.8 Å². The molecule has 2 heterocycles. The largest absolute Gasteiger partial charge is 0.351 e. The zero-order chi connectivity index (χ0) is 22.9. The second-order valence-corrected chi connectivity index (χ2v) is 9.71. The van der Waals surface area contributed by atoms with Gasteiger partial charge in [0.15, 0.2) is 5.03 Å². The maximum Gasteiger partial charge on any atom is 0.316 e. The molecule has 2 aliphatic carbocycles. The van der Waals surface area contributed by atoms with E-state index in [9.17, 15) is 9.00 Å². The fourth-order valence-electron chi connectivity index (χ4n) is 4.40. The van der Waals surface area contributed by atoms with E-state index in [1.807, 2.05) is 30.3 Å². The average Bonchev–Trinajstić information content (AvgIpc) is 3.48. The molecule has 0 fully saturated rings. The van der Waals surface area contributed by atoms with Crippen molar-refractivity contribution in [2.24, 2.45) is 10.9 Å². The van der Waals surface area contributed by atoms with Crippen molar-refractivity contribution in [1.82, 2.24) is 14.8 Å². The SMILES string of the molecule is CC1(C)CCc2c1nc1c(c2NC(N)=O)CCC1.NS(=O)c1ccn(-c2ccccc2)n1. The summed E-state index contributed by atoms with van der Waals surface area (Å²) in [6, 6.07) is 10.7. The Bertz CT molecular complexity index is 1170. The molecule has 0 radical (unpaired) electrons. The first-order chi connectivity index (χ1) is 15.3. The molecule has 0 spiro atoms. The van der Waals surface area contributed by atoms with Gasteiger partial charge in [0.25, 0.3) is 0 Å². The number of para-hydroxylation sites is 1. The Hall–Kier alpha value is -3.04. The zero-order valence-corrected chi connectivity index (χ0v) is 19.1. The molecular weight excluding hydrogens is 424 g/mol. The van der Waals surface area contributed by atoms with Crippen LogP contribution in [0.5, 0.6) is 0 Å². The van der Waals surface area contributed by atoms with Crippen molar-refractivity contribution >= 4 is 22.7 Å². The van der Waals surface area contributed by atoms with Crippen LogP contribution in [0, 0.1) is 0 Å².